The van der Waals surface area contributed by atoms with E-state index < -0.39 is 11.4 Å². The molecule has 3 aromatic rings. The predicted octanol–water partition coefficient (Wildman–Crippen LogP) is 4.74. The van der Waals surface area contributed by atoms with Gasteiger partial charge >= 0.3 is 5.97 Å². The summed E-state index contributed by atoms with van der Waals surface area (Å²) in [4.78, 5) is 26.6. The fourth-order valence-corrected chi connectivity index (χ4v) is 5.72. The molecule has 2 aliphatic rings. The average molecular weight is 504 g/mol. The summed E-state index contributed by atoms with van der Waals surface area (Å²) in [5.74, 6) is -0.830. The zero-order valence-corrected chi connectivity index (χ0v) is 21.2. The number of carboxylic acids is 1. The highest BCUT2D eigenvalue weighted by Crippen LogP contribution is 2.45. The van der Waals surface area contributed by atoms with E-state index in [9.17, 15) is 14.7 Å². The van der Waals surface area contributed by atoms with Gasteiger partial charge in [0.1, 0.15) is 0 Å². The van der Waals surface area contributed by atoms with Gasteiger partial charge in [-0.2, -0.15) is 0 Å². The SMILES string of the molecule is COCCCOc1c(C(=O)O)c(=O)c(Cc2ccccc2)c2n1C(C1CCOCC1)Cc1ccccc1-2. The number of nitrogens with zero attached hydrogens (tertiary/aromatic N) is 1. The van der Waals surface area contributed by atoms with Crippen molar-refractivity contribution in [3.8, 4) is 17.1 Å². The molecule has 1 fully saturated rings. The molecular weight excluding hydrogens is 470 g/mol. The normalized spacial score (nSPS) is 17.2. The van der Waals surface area contributed by atoms with E-state index >= 15 is 0 Å². The van der Waals surface area contributed by atoms with Crippen LogP contribution in [0, 0.1) is 5.92 Å². The highest BCUT2D eigenvalue weighted by molar-refractivity contribution is 5.92. The van der Waals surface area contributed by atoms with E-state index in [1.165, 1.54) is 5.56 Å². The number of hydrogen-bond acceptors (Lipinski definition) is 5. The van der Waals surface area contributed by atoms with Gasteiger partial charge in [0.25, 0.3) is 0 Å². The number of carbonyl (C=O) groups is 1. The lowest BCUT2D eigenvalue weighted by atomic mass is 9.81. The molecule has 1 N–H and O–H groups in total. The van der Waals surface area contributed by atoms with Crippen molar-refractivity contribution < 1.29 is 24.1 Å². The standard InChI is InChI=1S/C30H33NO6/c1-35-14-7-15-37-29-26(30(33)34)28(32)24(18-20-8-3-2-4-9-20)27-23-11-6-5-10-22(23)19-25(31(27)29)21-12-16-36-17-13-21/h2-6,8-11,21,25H,7,12-19H2,1H3,(H,33,34). The zero-order valence-electron chi connectivity index (χ0n) is 21.2. The molecule has 1 saturated heterocycles. The second-order valence-corrected chi connectivity index (χ2v) is 9.75. The molecule has 0 amide bonds. The molecule has 3 heterocycles. The molecule has 5 rings (SSSR count). The minimum Gasteiger partial charge on any atom is -0.478 e. The third kappa shape index (κ3) is 5.06. The fraction of sp³-hybridized carbons (Fsp3) is 0.400. The fourth-order valence-electron chi connectivity index (χ4n) is 5.72. The summed E-state index contributed by atoms with van der Waals surface area (Å²) in [6, 6.07) is 17.8. The molecular formula is C30H33NO6. The molecule has 2 aromatic carbocycles. The molecule has 1 unspecified atom stereocenters. The number of hydrogen-bond donors (Lipinski definition) is 1. The van der Waals surface area contributed by atoms with Crippen LogP contribution in [-0.4, -0.2) is 49.2 Å². The van der Waals surface area contributed by atoms with Crippen LogP contribution >= 0.6 is 0 Å². The Balaban J connectivity index is 1.78. The predicted molar refractivity (Wildman–Crippen MR) is 141 cm³/mol. The van der Waals surface area contributed by atoms with Crippen LogP contribution in [-0.2, 0) is 22.3 Å². The van der Waals surface area contributed by atoms with Gasteiger partial charge < -0.3 is 23.9 Å². The van der Waals surface area contributed by atoms with E-state index in [1.54, 1.807) is 7.11 Å². The van der Waals surface area contributed by atoms with Crippen molar-refractivity contribution in [1.29, 1.82) is 0 Å². The Morgan fingerprint density at radius 1 is 1.05 bits per heavy atom. The molecule has 194 valence electrons. The lowest BCUT2D eigenvalue weighted by molar-refractivity contribution is 0.0460. The lowest BCUT2D eigenvalue weighted by Crippen LogP contribution is -2.36. The molecule has 2 aliphatic heterocycles. The van der Waals surface area contributed by atoms with Gasteiger partial charge in [-0.15, -0.1) is 0 Å². The Morgan fingerprint density at radius 3 is 2.51 bits per heavy atom. The summed E-state index contributed by atoms with van der Waals surface area (Å²) in [7, 11) is 1.62. The van der Waals surface area contributed by atoms with Crippen LogP contribution in [0.4, 0.5) is 0 Å². The van der Waals surface area contributed by atoms with Crippen molar-refractivity contribution in [1.82, 2.24) is 4.57 Å². The smallest absolute Gasteiger partial charge is 0.345 e. The van der Waals surface area contributed by atoms with Gasteiger partial charge in [0.05, 0.1) is 12.3 Å². The third-order valence-electron chi connectivity index (χ3n) is 7.47. The molecule has 1 atom stereocenters. The van der Waals surface area contributed by atoms with Gasteiger partial charge in [0, 0.05) is 56.9 Å². The van der Waals surface area contributed by atoms with Crippen LogP contribution in [0.3, 0.4) is 0 Å². The second-order valence-electron chi connectivity index (χ2n) is 9.75. The van der Waals surface area contributed by atoms with Crippen molar-refractivity contribution in [2.45, 2.75) is 38.1 Å². The van der Waals surface area contributed by atoms with E-state index in [4.69, 9.17) is 14.2 Å². The van der Waals surface area contributed by atoms with Crippen molar-refractivity contribution in [2.75, 3.05) is 33.5 Å². The Kier molecular flexibility index (Phi) is 7.72. The average Bonchev–Trinajstić information content (AvgIpc) is 2.93. The molecule has 0 aliphatic carbocycles. The summed E-state index contributed by atoms with van der Waals surface area (Å²) >= 11 is 0. The van der Waals surface area contributed by atoms with Crippen LogP contribution in [0.25, 0.3) is 11.3 Å². The van der Waals surface area contributed by atoms with Crippen molar-refractivity contribution >= 4 is 5.97 Å². The van der Waals surface area contributed by atoms with Gasteiger partial charge in [-0.3, -0.25) is 4.79 Å². The maximum atomic E-state index is 14.0. The number of benzene rings is 2. The van der Waals surface area contributed by atoms with E-state index in [0.717, 1.165) is 36.1 Å². The quantitative estimate of drug-likeness (QED) is 0.425. The van der Waals surface area contributed by atoms with Crippen molar-refractivity contribution in [2.24, 2.45) is 5.92 Å². The van der Waals surface area contributed by atoms with Crippen LogP contribution in [0.15, 0.2) is 59.4 Å². The van der Waals surface area contributed by atoms with Crippen LogP contribution in [0.5, 0.6) is 5.88 Å². The molecule has 0 bridgehead atoms. The summed E-state index contributed by atoms with van der Waals surface area (Å²) in [6.07, 6.45) is 3.42. The van der Waals surface area contributed by atoms with E-state index in [1.807, 2.05) is 53.1 Å². The summed E-state index contributed by atoms with van der Waals surface area (Å²) in [5, 5.41) is 10.3. The number of ether oxygens (including phenoxy) is 3. The Morgan fingerprint density at radius 2 is 1.78 bits per heavy atom. The number of aromatic nitrogens is 1. The number of fused-ring (bicyclic) bond motifs is 3. The van der Waals surface area contributed by atoms with Gasteiger partial charge in [-0.1, -0.05) is 54.6 Å². The number of rotatable bonds is 9. The minimum atomic E-state index is -1.26. The first-order valence-corrected chi connectivity index (χ1v) is 13.0. The monoisotopic (exact) mass is 503 g/mol. The zero-order chi connectivity index (χ0) is 25.8. The van der Waals surface area contributed by atoms with E-state index in [-0.39, 0.29) is 30.0 Å². The van der Waals surface area contributed by atoms with Crippen molar-refractivity contribution in [3.63, 3.8) is 0 Å². The first kappa shape index (κ1) is 25.2. The van der Waals surface area contributed by atoms with Crippen LogP contribution in [0.2, 0.25) is 0 Å². The molecule has 0 saturated carbocycles. The molecule has 7 heteroatoms. The molecule has 0 radical (unpaired) electrons. The van der Waals surface area contributed by atoms with Gasteiger partial charge in [0.2, 0.25) is 11.3 Å². The Bertz CT molecular complexity index is 1310. The van der Waals surface area contributed by atoms with Crippen LogP contribution < -0.4 is 10.2 Å². The molecule has 37 heavy (non-hydrogen) atoms. The number of aromatic carboxylic acids is 1. The third-order valence-corrected chi connectivity index (χ3v) is 7.47. The highest BCUT2D eigenvalue weighted by Gasteiger charge is 2.38. The summed E-state index contributed by atoms with van der Waals surface area (Å²) < 4.78 is 19.1. The first-order chi connectivity index (χ1) is 18.1. The van der Waals surface area contributed by atoms with Gasteiger partial charge in [-0.25, -0.2) is 4.79 Å². The van der Waals surface area contributed by atoms with Gasteiger partial charge in [-0.05, 0) is 36.3 Å². The minimum absolute atomic E-state index is 0.0422. The van der Waals surface area contributed by atoms with E-state index in [0.29, 0.717) is 38.2 Å². The Labute approximate surface area is 216 Å². The Hall–Kier alpha value is -3.42. The maximum Gasteiger partial charge on any atom is 0.345 e. The van der Waals surface area contributed by atoms with Gasteiger partial charge in [0.15, 0.2) is 5.56 Å². The van der Waals surface area contributed by atoms with Crippen LogP contribution in [0.1, 0.15) is 52.4 Å². The largest absolute Gasteiger partial charge is 0.478 e. The number of pyridine rings is 1. The number of methoxy groups -OCH3 is 1. The maximum absolute atomic E-state index is 14.0. The molecule has 1 aromatic heterocycles. The summed E-state index contributed by atoms with van der Waals surface area (Å²) in [6.45, 7) is 2.08. The highest BCUT2D eigenvalue weighted by atomic mass is 16.5. The van der Waals surface area contributed by atoms with E-state index in [2.05, 4.69) is 6.07 Å². The second kappa shape index (κ2) is 11.3. The molecule has 7 nitrogen and oxygen atoms in total. The first-order valence-electron chi connectivity index (χ1n) is 13.0. The van der Waals surface area contributed by atoms with Crippen molar-refractivity contribution in [3.05, 3.63) is 87.1 Å². The summed E-state index contributed by atoms with van der Waals surface area (Å²) in [5.41, 5.74) is 3.60. The molecule has 0 spiro atoms. The topological polar surface area (TPSA) is 87.0 Å². The lowest BCUT2D eigenvalue weighted by Gasteiger charge is -2.39. The number of carboxylic acid groups (broad SMARTS) is 1.